The van der Waals surface area contributed by atoms with E-state index in [1.165, 1.54) is 55.3 Å². The minimum Gasteiger partial charge on any atom is -0.494 e. The van der Waals surface area contributed by atoms with E-state index in [4.69, 9.17) is 16.2 Å². The Balaban J connectivity index is 1.56. The summed E-state index contributed by atoms with van der Waals surface area (Å²) in [4.78, 5) is 44.9. The lowest BCUT2D eigenvalue weighted by atomic mass is 10.1. The SMILES string of the molecule is COc1c(NC(/C=C(\N)NC(=O)C2CC2)=C(/N)C(=O)NC(O)(O)O)cccc1-c1ncc(C(=O)NCC(C)N2CCCCC2)s1. The van der Waals surface area contributed by atoms with Gasteiger partial charge in [0.15, 0.2) is 5.75 Å². The Labute approximate surface area is 264 Å². The van der Waals surface area contributed by atoms with Gasteiger partial charge in [-0.05, 0) is 57.8 Å². The standard InChI is InChI=1S/C29H40N8O7S/c1-16(37-11-4-3-5-12-37)14-32-26(39)21-15-33-28(45-21)18-7-6-8-19(24(18)44-2)34-20(23(31)27(40)36-29(41,42)43)13-22(30)35-25(38)17-9-10-17/h6-8,13,15-17,34,41-43H,3-5,9-12,14,30-31H2,1-2H3,(H,32,39)(H,35,38)(H,36,40)/b22-13+,23-20+. The minimum atomic E-state index is -3.54. The highest BCUT2D eigenvalue weighted by molar-refractivity contribution is 7.17. The Morgan fingerprint density at radius 2 is 1.89 bits per heavy atom. The molecule has 244 valence electrons. The summed E-state index contributed by atoms with van der Waals surface area (Å²) in [7, 11) is 1.42. The maximum Gasteiger partial charge on any atom is 0.369 e. The van der Waals surface area contributed by atoms with Gasteiger partial charge in [-0.1, -0.05) is 12.5 Å². The molecule has 1 aliphatic carbocycles. The predicted octanol–water partition coefficient (Wildman–Crippen LogP) is 0.0358. The Kier molecular flexibility index (Phi) is 11.0. The number of amides is 3. The molecule has 0 spiro atoms. The molecule has 45 heavy (non-hydrogen) atoms. The van der Waals surface area contributed by atoms with Crippen LogP contribution in [0.4, 0.5) is 5.69 Å². The van der Waals surface area contributed by atoms with Crippen molar-refractivity contribution >= 4 is 34.7 Å². The summed E-state index contributed by atoms with van der Waals surface area (Å²) in [6, 6.07) is 5.24. The lowest BCUT2D eigenvalue weighted by molar-refractivity contribution is -0.325. The topological polar surface area (TPSA) is 237 Å². The van der Waals surface area contributed by atoms with Crippen LogP contribution in [0, 0.1) is 5.92 Å². The molecule has 2 aromatic rings. The highest BCUT2D eigenvalue weighted by Crippen LogP contribution is 2.39. The first kappa shape index (κ1) is 33.7. The molecule has 1 aliphatic heterocycles. The van der Waals surface area contributed by atoms with Crippen molar-refractivity contribution < 1.29 is 34.4 Å². The molecule has 0 bridgehead atoms. The number of nitrogens with one attached hydrogen (secondary N) is 4. The molecule has 0 radical (unpaired) electrons. The molecule has 11 N–H and O–H groups in total. The predicted molar refractivity (Wildman–Crippen MR) is 167 cm³/mol. The lowest BCUT2D eigenvalue weighted by Crippen LogP contribution is -2.50. The van der Waals surface area contributed by atoms with E-state index in [2.05, 4.69) is 32.8 Å². The van der Waals surface area contributed by atoms with Crippen LogP contribution in [0.25, 0.3) is 10.6 Å². The fourth-order valence-corrected chi connectivity index (χ4v) is 5.65. The van der Waals surface area contributed by atoms with E-state index < -0.39 is 17.7 Å². The summed E-state index contributed by atoms with van der Waals surface area (Å²) < 4.78 is 5.67. The normalized spacial score (nSPS) is 17.1. The van der Waals surface area contributed by atoms with Gasteiger partial charge in [0.05, 0.1) is 30.3 Å². The van der Waals surface area contributed by atoms with Crippen molar-refractivity contribution in [2.45, 2.75) is 51.2 Å². The molecule has 4 rings (SSSR count). The number of rotatable bonds is 13. The molecule has 16 heteroatoms. The number of anilines is 1. The van der Waals surface area contributed by atoms with Crippen molar-refractivity contribution in [3.05, 3.63) is 52.6 Å². The molecule has 2 heterocycles. The zero-order valence-electron chi connectivity index (χ0n) is 25.1. The van der Waals surface area contributed by atoms with Crippen molar-refractivity contribution in [3.63, 3.8) is 0 Å². The van der Waals surface area contributed by atoms with E-state index in [-0.39, 0.29) is 46.7 Å². The molecule has 2 aliphatic rings. The number of hydrogen-bond donors (Lipinski definition) is 9. The van der Waals surface area contributed by atoms with E-state index in [0.29, 0.717) is 22.0 Å². The number of carbonyl (C=O) groups is 3. The summed E-state index contributed by atoms with van der Waals surface area (Å²) in [5.41, 5.74) is 12.0. The van der Waals surface area contributed by atoms with Gasteiger partial charge in [0.2, 0.25) is 5.91 Å². The second kappa shape index (κ2) is 14.7. The van der Waals surface area contributed by atoms with Crippen LogP contribution in [0.1, 0.15) is 48.7 Å². The molecule has 1 saturated carbocycles. The minimum absolute atomic E-state index is 0.145. The van der Waals surface area contributed by atoms with Gasteiger partial charge in [0.1, 0.15) is 21.4 Å². The van der Waals surface area contributed by atoms with Crippen molar-refractivity contribution in [1.82, 2.24) is 25.8 Å². The Bertz CT molecular complexity index is 1460. The number of nitrogens with two attached hydrogens (primary N) is 2. The number of para-hydroxylation sites is 1. The van der Waals surface area contributed by atoms with E-state index in [1.54, 1.807) is 18.2 Å². The van der Waals surface area contributed by atoms with Crippen LogP contribution in [-0.2, 0) is 9.59 Å². The van der Waals surface area contributed by atoms with Crippen molar-refractivity contribution in [1.29, 1.82) is 0 Å². The average molecular weight is 645 g/mol. The third-order valence-corrected chi connectivity index (χ3v) is 8.38. The van der Waals surface area contributed by atoms with Gasteiger partial charge in [0.25, 0.3) is 11.8 Å². The molecule has 1 aromatic carbocycles. The van der Waals surface area contributed by atoms with Gasteiger partial charge in [-0.3, -0.25) is 24.6 Å². The number of carbonyl (C=O) groups excluding carboxylic acids is 3. The molecule has 3 amide bonds. The molecular weight excluding hydrogens is 604 g/mol. The quantitative estimate of drug-likeness (QED) is 0.0798. The number of piperidine rings is 1. The van der Waals surface area contributed by atoms with Crippen LogP contribution in [0.15, 0.2) is 47.7 Å². The number of methoxy groups -OCH3 is 1. The second-order valence-corrected chi connectivity index (χ2v) is 12.0. The van der Waals surface area contributed by atoms with Crippen LogP contribution in [0.5, 0.6) is 5.75 Å². The summed E-state index contributed by atoms with van der Waals surface area (Å²) in [6.45, 7) is 4.67. The largest absolute Gasteiger partial charge is 0.494 e. The number of thiazole rings is 1. The Morgan fingerprint density at radius 1 is 1.18 bits per heavy atom. The fourth-order valence-electron chi connectivity index (χ4n) is 4.79. The first-order chi connectivity index (χ1) is 21.4. The maximum absolute atomic E-state index is 12.9. The smallest absolute Gasteiger partial charge is 0.369 e. The number of nitrogens with zero attached hydrogens (tertiary/aromatic N) is 2. The maximum atomic E-state index is 12.9. The Morgan fingerprint density at radius 3 is 2.53 bits per heavy atom. The van der Waals surface area contributed by atoms with Gasteiger partial charge in [-0.15, -0.1) is 11.3 Å². The van der Waals surface area contributed by atoms with Crippen LogP contribution < -0.4 is 37.5 Å². The highest BCUT2D eigenvalue weighted by Gasteiger charge is 2.30. The van der Waals surface area contributed by atoms with Crippen LogP contribution >= 0.6 is 11.3 Å². The highest BCUT2D eigenvalue weighted by atomic mass is 32.1. The van der Waals surface area contributed by atoms with E-state index in [9.17, 15) is 29.7 Å². The van der Waals surface area contributed by atoms with E-state index >= 15 is 0 Å². The molecular formula is C29H40N8O7S. The second-order valence-electron chi connectivity index (χ2n) is 11.0. The lowest BCUT2D eigenvalue weighted by Gasteiger charge is -2.32. The molecule has 1 unspecified atom stereocenters. The van der Waals surface area contributed by atoms with Gasteiger partial charge >= 0.3 is 6.10 Å². The fraction of sp³-hybridized carbons (Fsp3) is 0.448. The number of allylic oxidation sites excluding steroid dienone is 1. The average Bonchev–Trinajstić information content (AvgIpc) is 3.75. The zero-order chi connectivity index (χ0) is 32.7. The van der Waals surface area contributed by atoms with Crippen LogP contribution in [0.3, 0.4) is 0 Å². The van der Waals surface area contributed by atoms with E-state index in [1.807, 2.05) is 0 Å². The molecule has 15 nitrogen and oxygen atoms in total. The number of hydrogen-bond acceptors (Lipinski definition) is 13. The van der Waals surface area contributed by atoms with Crippen LogP contribution in [-0.4, -0.2) is 81.8 Å². The molecule has 1 saturated heterocycles. The van der Waals surface area contributed by atoms with E-state index in [0.717, 1.165) is 25.9 Å². The first-order valence-corrected chi connectivity index (χ1v) is 15.4. The first-order valence-electron chi connectivity index (χ1n) is 14.6. The van der Waals surface area contributed by atoms with Gasteiger partial charge in [-0.25, -0.2) is 4.98 Å². The number of aromatic nitrogens is 1. The van der Waals surface area contributed by atoms with Crippen molar-refractivity contribution in [2.75, 3.05) is 32.1 Å². The summed E-state index contributed by atoms with van der Waals surface area (Å²) in [5, 5.41) is 38.1. The number of aliphatic hydroxyl groups is 3. The monoisotopic (exact) mass is 644 g/mol. The summed E-state index contributed by atoms with van der Waals surface area (Å²) in [5.74, 6) is -1.82. The number of benzene rings is 1. The van der Waals surface area contributed by atoms with Gasteiger partial charge in [0, 0.05) is 24.6 Å². The number of ether oxygens (including phenoxy) is 1. The number of likely N-dealkylation sites (tertiary alicyclic amines) is 1. The Hall–Kier alpha value is -4.22. The van der Waals surface area contributed by atoms with Crippen LogP contribution in [0.2, 0.25) is 0 Å². The molecule has 1 aromatic heterocycles. The summed E-state index contributed by atoms with van der Waals surface area (Å²) >= 11 is 1.17. The third-order valence-electron chi connectivity index (χ3n) is 7.35. The zero-order valence-corrected chi connectivity index (χ0v) is 25.9. The third kappa shape index (κ3) is 9.39. The van der Waals surface area contributed by atoms with Crippen molar-refractivity contribution in [3.8, 4) is 16.3 Å². The molecule has 1 atom stereocenters. The summed E-state index contributed by atoms with van der Waals surface area (Å²) in [6.07, 6.45) is 4.16. The van der Waals surface area contributed by atoms with Crippen molar-refractivity contribution in [2.24, 2.45) is 17.4 Å². The molecule has 2 fully saturated rings. The van der Waals surface area contributed by atoms with Gasteiger partial charge < -0.3 is 47.5 Å². The van der Waals surface area contributed by atoms with Gasteiger partial charge in [-0.2, -0.15) is 0 Å².